The summed E-state index contributed by atoms with van der Waals surface area (Å²) in [6.07, 6.45) is 0.896. The van der Waals surface area contributed by atoms with E-state index >= 15 is 0 Å². The topological polar surface area (TPSA) is 136 Å². The van der Waals surface area contributed by atoms with Gasteiger partial charge in [-0.05, 0) is 37.3 Å². The maximum absolute atomic E-state index is 12.3. The van der Waals surface area contributed by atoms with Crippen molar-refractivity contribution in [1.29, 1.82) is 0 Å². The van der Waals surface area contributed by atoms with Crippen LogP contribution in [0.2, 0.25) is 0 Å². The van der Waals surface area contributed by atoms with Gasteiger partial charge >= 0.3 is 5.97 Å². The summed E-state index contributed by atoms with van der Waals surface area (Å²) in [6, 6.07) is 10.8. The molecule has 0 saturated heterocycles. The second-order valence-electron chi connectivity index (χ2n) is 5.89. The fraction of sp³-hybridized carbons (Fsp3) is 0.222. The van der Waals surface area contributed by atoms with E-state index in [0.29, 0.717) is 11.3 Å². The quantitative estimate of drug-likeness (QED) is 0.392. The van der Waals surface area contributed by atoms with Crippen molar-refractivity contribution in [3.05, 3.63) is 64.2 Å². The van der Waals surface area contributed by atoms with Crippen LogP contribution >= 0.6 is 0 Å². The molecule has 0 aliphatic rings. The maximum atomic E-state index is 12.3. The monoisotopic (exact) mass is 421 g/mol. The van der Waals surface area contributed by atoms with Crippen LogP contribution in [0, 0.1) is 10.1 Å². The van der Waals surface area contributed by atoms with E-state index < -0.39 is 33.4 Å². The molecule has 0 aliphatic carbocycles. The molecule has 10 nitrogen and oxygen atoms in total. The number of nitro groups is 1. The second kappa shape index (κ2) is 9.15. The Morgan fingerprint density at radius 1 is 1.17 bits per heavy atom. The molecule has 2 aromatic rings. The first kappa shape index (κ1) is 21.8. The Balaban J connectivity index is 2.16. The van der Waals surface area contributed by atoms with Crippen LogP contribution in [0.25, 0.3) is 0 Å². The van der Waals surface area contributed by atoms with Gasteiger partial charge in [-0.3, -0.25) is 19.2 Å². The molecule has 2 aromatic carbocycles. The van der Waals surface area contributed by atoms with Crippen LogP contribution < -0.4 is 9.62 Å². The molecular formula is C18H19N3O7S. The lowest BCUT2D eigenvalue weighted by molar-refractivity contribution is -0.384. The van der Waals surface area contributed by atoms with Crippen LogP contribution in [0.1, 0.15) is 17.3 Å². The molecule has 0 atom stereocenters. The summed E-state index contributed by atoms with van der Waals surface area (Å²) in [5.74, 6) is -1.16. The van der Waals surface area contributed by atoms with Gasteiger partial charge in [-0.25, -0.2) is 13.2 Å². The third kappa shape index (κ3) is 6.01. The molecule has 0 radical (unpaired) electrons. The van der Waals surface area contributed by atoms with Gasteiger partial charge in [0.1, 0.15) is 6.54 Å². The molecule has 0 unspecified atom stereocenters. The third-order valence-electron chi connectivity index (χ3n) is 3.70. The number of benzene rings is 2. The number of hydrogen-bond acceptors (Lipinski definition) is 7. The summed E-state index contributed by atoms with van der Waals surface area (Å²) in [7, 11) is -3.88. The highest BCUT2D eigenvalue weighted by atomic mass is 32.2. The minimum Gasteiger partial charge on any atom is -0.462 e. The molecule has 0 bridgehead atoms. The number of hydrogen-bond donors (Lipinski definition) is 1. The van der Waals surface area contributed by atoms with E-state index in [-0.39, 0.29) is 18.0 Å². The minimum absolute atomic E-state index is 0.00508. The zero-order valence-electron chi connectivity index (χ0n) is 15.7. The summed E-state index contributed by atoms with van der Waals surface area (Å²) < 4.78 is 29.8. The van der Waals surface area contributed by atoms with Gasteiger partial charge in [0, 0.05) is 17.8 Å². The zero-order valence-corrected chi connectivity index (χ0v) is 16.5. The normalized spacial score (nSPS) is 10.8. The number of carbonyl (C=O) groups excluding carboxylic acids is 2. The first-order valence-electron chi connectivity index (χ1n) is 8.41. The van der Waals surface area contributed by atoms with Crippen molar-refractivity contribution >= 4 is 39.0 Å². The fourth-order valence-electron chi connectivity index (χ4n) is 2.40. The molecule has 2 rings (SSSR count). The fourth-order valence-corrected chi connectivity index (χ4v) is 3.25. The van der Waals surface area contributed by atoms with E-state index in [1.165, 1.54) is 42.5 Å². The van der Waals surface area contributed by atoms with Crippen LogP contribution in [0.5, 0.6) is 0 Å². The van der Waals surface area contributed by atoms with Crippen LogP contribution in [0.3, 0.4) is 0 Å². The lowest BCUT2D eigenvalue weighted by atomic mass is 10.2. The molecule has 0 aromatic heterocycles. The van der Waals surface area contributed by atoms with Gasteiger partial charge in [-0.1, -0.05) is 6.07 Å². The number of non-ortho nitro benzene ring substituents is 1. The van der Waals surface area contributed by atoms with Gasteiger partial charge in [0.25, 0.3) is 5.69 Å². The molecule has 0 heterocycles. The summed E-state index contributed by atoms with van der Waals surface area (Å²) in [5.41, 5.74) is 0.343. The first-order chi connectivity index (χ1) is 13.6. The number of carbonyl (C=O) groups is 2. The molecule has 0 spiro atoms. The van der Waals surface area contributed by atoms with Crippen molar-refractivity contribution in [3.8, 4) is 0 Å². The summed E-state index contributed by atoms with van der Waals surface area (Å²) in [5, 5.41) is 13.4. The van der Waals surface area contributed by atoms with Gasteiger partial charge in [0.2, 0.25) is 15.9 Å². The molecule has 11 heteroatoms. The Morgan fingerprint density at radius 3 is 2.38 bits per heavy atom. The Kier molecular flexibility index (Phi) is 6.89. The van der Waals surface area contributed by atoms with E-state index in [4.69, 9.17) is 4.74 Å². The van der Waals surface area contributed by atoms with Gasteiger partial charge in [0.15, 0.2) is 0 Å². The van der Waals surface area contributed by atoms with E-state index in [0.717, 1.165) is 16.6 Å². The zero-order chi connectivity index (χ0) is 21.6. The number of nitrogens with zero attached hydrogens (tertiary/aromatic N) is 2. The van der Waals surface area contributed by atoms with Gasteiger partial charge < -0.3 is 10.1 Å². The van der Waals surface area contributed by atoms with E-state index in [1.807, 2.05) is 0 Å². The molecule has 1 N–H and O–H groups in total. The van der Waals surface area contributed by atoms with Crippen LogP contribution in [0.4, 0.5) is 17.1 Å². The Morgan fingerprint density at radius 2 is 1.83 bits per heavy atom. The molecule has 0 aliphatic heterocycles. The largest absolute Gasteiger partial charge is 0.462 e. The summed E-state index contributed by atoms with van der Waals surface area (Å²) in [6.45, 7) is 1.33. The smallest absolute Gasteiger partial charge is 0.338 e. The number of nitro benzene ring substituents is 1. The van der Waals surface area contributed by atoms with E-state index in [1.54, 1.807) is 6.92 Å². The van der Waals surface area contributed by atoms with Crippen LogP contribution in [-0.4, -0.2) is 44.6 Å². The van der Waals surface area contributed by atoms with Crippen LogP contribution in [0.15, 0.2) is 48.5 Å². The van der Waals surface area contributed by atoms with Crippen molar-refractivity contribution in [2.45, 2.75) is 6.92 Å². The van der Waals surface area contributed by atoms with Crippen molar-refractivity contribution in [3.63, 3.8) is 0 Å². The summed E-state index contributed by atoms with van der Waals surface area (Å²) >= 11 is 0. The average Bonchev–Trinajstić information content (AvgIpc) is 2.66. The van der Waals surface area contributed by atoms with E-state index in [2.05, 4.69) is 5.32 Å². The maximum Gasteiger partial charge on any atom is 0.338 e. The number of nitrogens with one attached hydrogen (secondary N) is 1. The summed E-state index contributed by atoms with van der Waals surface area (Å²) in [4.78, 5) is 34.2. The lowest BCUT2D eigenvalue weighted by Crippen LogP contribution is -2.37. The predicted octanol–water partition coefficient (Wildman–Crippen LogP) is 2.18. The second-order valence-corrected chi connectivity index (χ2v) is 7.80. The number of sulfonamides is 1. The molecule has 29 heavy (non-hydrogen) atoms. The Bertz CT molecular complexity index is 1020. The van der Waals surface area contributed by atoms with Crippen molar-refractivity contribution in [2.75, 3.05) is 29.0 Å². The Hall–Kier alpha value is -3.47. The lowest BCUT2D eigenvalue weighted by Gasteiger charge is -2.21. The number of rotatable bonds is 8. The SMILES string of the molecule is CCOC(=O)c1ccc(NC(=O)CN(c2cccc([N+](=O)[O-])c2)S(C)(=O)=O)cc1. The molecular weight excluding hydrogens is 402 g/mol. The number of esters is 1. The predicted molar refractivity (Wildman–Crippen MR) is 106 cm³/mol. The third-order valence-corrected chi connectivity index (χ3v) is 4.84. The van der Waals surface area contributed by atoms with Crippen molar-refractivity contribution in [1.82, 2.24) is 0 Å². The van der Waals surface area contributed by atoms with Gasteiger partial charge in [-0.2, -0.15) is 0 Å². The highest BCUT2D eigenvalue weighted by Gasteiger charge is 2.22. The standard InChI is InChI=1S/C18H19N3O7S/c1-3-28-18(23)13-7-9-14(10-8-13)19-17(22)12-20(29(2,26)27)15-5-4-6-16(11-15)21(24)25/h4-11H,3,12H2,1-2H3,(H,19,22). The van der Waals surface area contributed by atoms with Crippen LogP contribution in [-0.2, 0) is 19.6 Å². The van der Waals surface area contributed by atoms with Crippen molar-refractivity contribution < 1.29 is 27.7 Å². The first-order valence-corrected chi connectivity index (χ1v) is 10.3. The van der Waals surface area contributed by atoms with Crippen molar-refractivity contribution in [2.24, 2.45) is 0 Å². The molecule has 0 fully saturated rings. The molecule has 1 amide bonds. The number of ether oxygens (including phenoxy) is 1. The number of anilines is 2. The van der Waals surface area contributed by atoms with Gasteiger partial charge in [0.05, 0.1) is 29.0 Å². The highest BCUT2D eigenvalue weighted by molar-refractivity contribution is 7.92. The number of amides is 1. The Labute approximate surface area is 167 Å². The average molecular weight is 421 g/mol. The highest BCUT2D eigenvalue weighted by Crippen LogP contribution is 2.23. The van der Waals surface area contributed by atoms with E-state index in [9.17, 15) is 28.1 Å². The molecule has 0 saturated carbocycles. The molecule has 154 valence electrons. The minimum atomic E-state index is -3.88. The van der Waals surface area contributed by atoms with Gasteiger partial charge in [-0.15, -0.1) is 0 Å².